The van der Waals surface area contributed by atoms with E-state index >= 15 is 0 Å². The molecular formula is C41H78N6O14. The summed E-state index contributed by atoms with van der Waals surface area (Å²) >= 11 is 0. The van der Waals surface area contributed by atoms with Gasteiger partial charge in [0.15, 0.2) is 0 Å². The van der Waals surface area contributed by atoms with E-state index < -0.39 is 0 Å². The van der Waals surface area contributed by atoms with Gasteiger partial charge in [0.25, 0.3) is 0 Å². The van der Waals surface area contributed by atoms with Gasteiger partial charge in [-0.1, -0.05) is 26.7 Å². The molecule has 0 aromatic carbocycles. The molecule has 0 bridgehead atoms. The van der Waals surface area contributed by atoms with Gasteiger partial charge >= 0.3 is 0 Å². The van der Waals surface area contributed by atoms with Crippen LogP contribution in [0.5, 0.6) is 0 Å². The lowest BCUT2D eigenvalue weighted by molar-refractivity contribution is -0.123. The first kappa shape index (κ1) is 57.5. The van der Waals surface area contributed by atoms with Crippen LogP contribution in [0.2, 0.25) is 0 Å². The van der Waals surface area contributed by atoms with Gasteiger partial charge < -0.3 is 70.6 Å². The van der Waals surface area contributed by atoms with Crippen LogP contribution in [0.1, 0.15) is 84.5 Å². The second kappa shape index (κ2) is 43.2. The third-order valence-electron chi connectivity index (χ3n) is 8.87. The third-order valence-corrected chi connectivity index (χ3v) is 8.87. The Morgan fingerprint density at radius 3 is 0.918 bits per heavy atom. The Morgan fingerprint density at radius 1 is 0.344 bits per heavy atom. The summed E-state index contributed by atoms with van der Waals surface area (Å²) in [6.07, 6.45) is 6.16. The Kier molecular flexibility index (Phi) is 40.7. The Bertz CT molecular complexity index is 1050. The van der Waals surface area contributed by atoms with Crippen LogP contribution in [-0.4, -0.2) is 167 Å². The average molecular weight is 879 g/mol. The van der Waals surface area contributed by atoms with E-state index in [0.717, 1.165) is 38.5 Å². The zero-order valence-corrected chi connectivity index (χ0v) is 36.9. The quantitative estimate of drug-likeness (QED) is 0.0444. The fourth-order valence-electron chi connectivity index (χ4n) is 5.03. The molecule has 0 saturated heterocycles. The highest BCUT2D eigenvalue weighted by Gasteiger charge is 2.10. The first-order valence-electron chi connectivity index (χ1n) is 21.8. The Balaban J connectivity index is 3.35. The van der Waals surface area contributed by atoms with Crippen molar-refractivity contribution < 1.29 is 66.7 Å². The molecule has 0 radical (unpaired) electrons. The van der Waals surface area contributed by atoms with E-state index in [1.165, 1.54) is 0 Å². The molecule has 20 nitrogen and oxygen atoms in total. The molecule has 0 saturated carbocycles. The first-order valence-corrected chi connectivity index (χ1v) is 21.8. The molecule has 0 aromatic heterocycles. The smallest absolute Gasteiger partial charge is 0.222 e. The van der Waals surface area contributed by atoms with E-state index in [2.05, 4.69) is 21.3 Å². The lowest BCUT2D eigenvalue weighted by Crippen LogP contribution is -2.29. The predicted molar refractivity (Wildman–Crippen MR) is 226 cm³/mol. The van der Waals surface area contributed by atoms with Crippen LogP contribution in [-0.2, 0) is 66.7 Å². The maximum atomic E-state index is 12.0. The second-order valence-corrected chi connectivity index (χ2v) is 14.3. The summed E-state index contributed by atoms with van der Waals surface area (Å²) < 4.78 is 43.5. The van der Waals surface area contributed by atoms with Crippen LogP contribution in [0.25, 0.3) is 0 Å². The maximum absolute atomic E-state index is 12.0. The molecule has 61 heavy (non-hydrogen) atoms. The molecule has 0 spiro atoms. The van der Waals surface area contributed by atoms with Gasteiger partial charge in [0.1, 0.15) is 0 Å². The second-order valence-electron chi connectivity index (χ2n) is 14.3. The van der Waals surface area contributed by atoms with Crippen molar-refractivity contribution in [3.63, 3.8) is 0 Å². The number of amides is 6. The van der Waals surface area contributed by atoms with E-state index in [0.29, 0.717) is 138 Å². The zero-order chi connectivity index (χ0) is 45.0. The van der Waals surface area contributed by atoms with Crippen LogP contribution >= 0.6 is 0 Å². The Hall–Kier alpha value is -3.50. The van der Waals surface area contributed by atoms with Crippen LogP contribution in [0.15, 0.2) is 0 Å². The molecule has 20 heteroatoms. The molecule has 0 heterocycles. The number of carbonyl (C=O) groups excluding carboxylic acids is 6. The number of ether oxygens (including phenoxy) is 8. The number of rotatable bonds is 46. The summed E-state index contributed by atoms with van der Waals surface area (Å²) in [5.41, 5.74) is 10.5. The summed E-state index contributed by atoms with van der Waals surface area (Å²) in [5.74, 6) is -1.33. The minimum atomic E-state index is -0.299. The molecule has 0 unspecified atom stereocenters. The molecule has 2 atom stereocenters. The summed E-state index contributed by atoms with van der Waals surface area (Å²) in [7, 11) is 0. The molecule has 0 aliphatic rings. The van der Waals surface area contributed by atoms with Crippen LogP contribution < -0.4 is 32.7 Å². The largest absolute Gasteiger partial charge is 0.379 e. The number of unbranched alkanes of at least 4 members (excludes halogenated alkanes) is 2. The molecule has 0 aliphatic carbocycles. The van der Waals surface area contributed by atoms with Crippen molar-refractivity contribution in [3.05, 3.63) is 0 Å². The van der Waals surface area contributed by atoms with Crippen LogP contribution in [0.4, 0.5) is 0 Å². The van der Waals surface area contributed by atoms with Gasteiger partial charge in [-0.2, -0.15) is 0 Å². The van der Waals surface area contributed by atoms with Gasteiger partial charge in [-0.05, 0) is 32.1 Å². The van der Waals surface area contributed by atoms with Crippen LogP contribution in [0.3, 0.4) is 0 Å². The van der Waals surface area contributed by atoms with Gasteiger partial charge in [0.2, 0.25) is 35.4 Å². The Morgan fingerprint density at radius 2 is 0.607 bits per heavy atom. The van der Waals surface area contributed by atoms with Gasteiger partial charge in [-0.15, -0.1) is 0 Å². The van der Waals surface area contributed by atoms with Crippen molar-refractivity contribution in [2.45, 2.75) is 84.5 Å². The summed E-state index contributed by atoms with van der Waals surface area (Å²) in [5, 5.41) is 11.2. The topological polar surface area (TPSA) is 276 Å². The predicted octanol–water partition coefficient (Wildman–Crippen LogP) is 0.118. The van der Waals surface area contributed by atoms with Crippen LogP contribution in [0, 0.1) is 11.8 Å². The van der Waals surface area contributed by atoms with Crippen molar-refractivity contribution in [1.82, 2.24) is 21.3 Å². The number of carbonyl (C=O) groups is 6. The molecule has 356 valence electrons. The molecule has 0 rings (SSSR count). The molecule has 6 amide bonds. The molecule has 0 fully saturated rings. The SMILES string of the molecule is C[C@@H](CCCCNC(=O)CCOCCOCCOCCOCCNC(=O)CCCC(=O)NCCOCCOCCOCCOCCC(=O)NCCCC[C@H](C)C(N)=O)C(N)=O. The number of hydrogen-bond donors (Lipinski definition) is 6. The van der Waals surface area contributed by atoms with Crippen molar-refractivity contribution in [2.75, 3.05) is 132 Å². The van der Waals surface area contributed by atoms with E-state index in [1.807, 2.05) is 0 Å². The summed E-state index contributed by atoms with van der Waals surface area (Å²) in [6.45, 7) is 11.5. The highest BCUT2D eigenvalue weighted by Crippen LogP contribution is 2.07. The number of nitrogens with two attached hydrogens (primary N) is 2. The molecular weight excluding hydrogens is 800 g/mol. The van der Waals surface area contributed by atoms with E-state index in [4.69, 9.17) is 49.4 Å². The van der Waals surface area contributed by atoms with Crippen molar-refractivity contribution >= 4 is 35.4 Å². The van der Waals surface area contributed by atoms with Gasteiger partial charge in [0.05, 0.1) is 106 Å². The number of primary amides is 2. The molecule has 0 aromatic rings. The highest BCUT2D eigenvalue weighted by atomic mass is 16.6. The Labute approximate surface area is 362 Å². The maximum Gasteiger partial charge on any atom is 0.222 e. The van der Waals surface area contributed by atoms with Gasteiger partial charge in [-0.3, -0.25) is 28.8 Å². The van der Waals surface area contributed by atoms with Gasteiger partial charge in [-0.25, -0.2) is 0 Å². The lowest BCUT2D eigenvalue weighted by atomic mass is 10.0. The summed E-state index contributed by atoms with van der Waals surface area (Å²) in [4.78, 5) is 69.6. The standard InChI is InChI=1S/C41H78N6O14/c1-34(40(42)52)8-3-5-14-44-38(50)12-18-54-22-26-58-30-32-60-28-24-56-20-16-46-36(48)10-7-11-37(49)47-17-21-57-25-29-61-33-31-59-27-23-55-19-13-39(51)45-15-6-4-9-35(2)41(43)53/h34-35H,3-33H2,1-2H3,(H2,42,52)(H2,43,53)(H,44,50)(H,45,51)(H,46,48)(H,47,49)/t34-,35-/m0/s1. The minimum absolute atomic E-state index is 0.0742. The minimum Gasteiger partial charge on any atom is -0.379 e. The van der Waals surface area contributed by atoms with Gasteiger partial charge in [0, 0.05) is 63.7 Å². The monoisotopic (exact) mass is 879 g/mol. The zero-order valence-electron chi connectivity index (χ0n) is 36.9. The molecule has 0 aliphatic heterocycles. The highest BCUT2D eigenvalue weighted by molar-refractivity contribution is 5.79. The van der Waals surface area contributed by atoms with Crippen molar-refractivity contribution in [3.8, 4) is 0 Å². The van der Waals surface area contributed by atoms with Crippen molar-refractivity contribution in [1.29, 1.82) is 0 Å². The lowest BCUT2D eigenvalue weighted by Gasteiger charge is -2.09. The van der Waals surface area contributed by atoms with Crippen molar-refractivity contribution in [2.24, 2.45) is 23.3 Å². The fourth-order valence-corrected chi connectivity index (χ4v) is 5.03. The summed E-state index contributed by atoms with van der Waals surface area (Å²) in [6, 6.07) is 0. The molecule has 8 N–H and O–H groups in total. The number of nitrogens with one attached hydrogen (secondary N) is 4. The number of hydrogen-bond acceptors (Lipinski definition) is 14. The normalized spacial score (nSPS) is 12.1. The van der Waals surface area contributed by atoms with E-state index in [9.17, 15) is 28.8 Å². The third kappa shape index (κ3) is 43.0. The fraction of sp³-hybridized carbons (Fsp3) is 0.854. The van der Waals surface area contributed by atoms with E-state index in [-0.39, 0.29) is 73.0 Å². The average Bonchev–Trinajstić information content (AvgIpc) is 3.23. The van der Waals surface area contributed by atoms with E-state index in [1.54, 1.807) is 13.8 Å². The first-order chi connectivity index (χ1) is 29.5.